The monoisotopic (exact) mass is 475 g/mol. The van der Waals surface area contributed by atoms with Crippen molar-refractivity contribution in [3.63, 3.8) is 0 Å². The van der Waals surface area contributed by atoms with E-state index in [1.807, 2.05) is 13.0 Å². The van der Waals surface area contributed by atoms with Crippen LogP contribution in [0.25, 0.3) is 0 Å². The molecule has 0 unspecified atom stereocenters. The van der Waals surface area contributed by atoms with Crippen LogP contribution in [0.15, 0.2) is 36.4 Å². The molecule has 0 fully saturated rings. The van der Waals surface area contributed by atoms with Crippen molar-refractivity contribution < 1.29 is 22.9 Å². The Bertz CT molecular complexity index is 1150. The van der Waals surface area contributed by atoms with Gasteiger partial charge in [-0.25, -0.2) is 8.42 Å². The van der Waals surface area contributed by atoms with Gasteiger partial charge in [-0.15, -0.1) is 0 Å². The molecule has 0 bridgehead atoms. The predicted molar refractivity (Wildman–Crippen MR) is 126 cm³/mol. The third kappa shape index (κ3) is 6.01. The summed E-state index contributed by atoms with van der Waals surface area (Å²) in [6.45, 7) is 1.91. The first-order valence-electron chi connectivity index (χ1n) is 10.8. The highest BCUT2D eigenvalue weighted by atomic mass is 32.2. The van der Waals surface area contributed by atoms with Gasteiger partial charge in [-0.3, -0.25) is 19.2 Å². The standard InChI is InChI=1S/C23H29N3O6S/c1-16(18-10-9-17-6-4-7-19(17)14-18)24-23(27)8-5-13-25(33(3,30)31)21-15-20(26(28)29)11-12-22(21)32-2/h9-12,14-16H,4-8,13H2,1-3H3,(H,24,27)/t16-/m1/s1. The number of nitro benzene ring substituents is 1. The number of carbonyl (C=O) groups is 1. The fraction of sp³-hybridized carbons (Fsp3) is 0.435. The topological polar surface area (TPSA) is 119 Å². The minimum Gasteiger partial charge on any atom is -0.495 e. The number of non-ortho nitro benzene ring substituents is 1. The molecule has 2 aromatic rings. The zero-order valence-electron chi connectivity index (χ0n) is 19.0. The number of methoxy groups -OCH3 is 1. The Morgan fingerprint density at radius 2 is 1.94 bits per heavy atom. The Labute approximate surface area is 193 Å². The van der Waals surface area contributed by atoms with Gasteiger partial charge in [0.15, 0.2) is 0 Å². The van der Waals surface area contributed by atoms with Crippen LogP contribution in [0, 0.1) is 10.1 Å². The maximum Gasteiger partial charge on any atom is 0.271 e. The molecule has 33 heavy (non-hydrogen) atoms. The number of carbonyl (C=O) groups excluding carboxylic acids is 1. The highest BCUT2D eigenvalue weighted by Crippen LogP contribution is 2.34. The second-order valence-electron chi connectivity index (χ2n) is 8.22. The van der Waals surface area contributed by atoms with Gasteiger partial charge in [-0.1, -0.05) is 18.2 Å². The summed E-state index contributed by atoms with van der Waals surface area (Å²) in [5.41, 5.74) is 3.57. The van der Waals surface area contributed by atoms with Crippen molar-refractivity contribution in [1.29, 1.82) is 0 Å². The fourth-order valence-electron chi connectivity index (χ4n) is 4.09. The smallest absolute Gasteiger partial charge is 0.271 e. The molecule has 178 valence electrons. The number of hydrogen-bond donors (Lipinski definition) is 1. The number of sulfonamides is 1. The molecule has 0 saturated carbocycles. The molecule has 0 aliphatic heterocycles. The highest BCUT2D eigenvalue weighted by Gasteiger charge is 2.24. The van der Waals surface area contributed by atoms with Crippen molar-refractivity contribution in [2.75, 3.05) is 24.2 Å². The van der Waals surface area contributed by atoms with Crippen molar-refractivity contribution >= 4 is 27.3 Å². The lowest BCUT2D eigenvalue weighted by Gasteiger charge is -2.24. The third-order valence-electron chi connectivity index (χ3n) is 5.81. The molecule has 0 aromatic heterocycles. The van der Waals surface area contributed by atoms with Crippen LogP contribution in [0.5, 0.6) is 5.75 Å². The Kier molecular flexibility index (Phi) is 7.57. The number of benzene rings is 2. The number of nitrogens with zero attached hydrogens (tertiary/aromatic N) is 2. The van der Waals surface area contributed by atoms with Crippen LogP contribution in [0.3, 0.4) is 0 Å². The lowest BCUT2D eigenvalue weighted by molar-refractivity contribution is -0.384. The van der Waals surface area contributed by atoms with Gasteiger partial charge in [-0.05, 0) is 55.4 Å². The maximum atomic E-state index is 12.5. The minimum atomic E-state index is -3.76. The minimum absolute atomic E-state index is 0.0169. The van der Waals surface area contributed by atoms with E-state index in [9.17, 15) is 23.3 Å². The summed E-state index contributed by atoms with van der Waals surface area (Å²) in [5, 5.41) is 14.1. The molecule has 2 aromatic carbocycles. The number of nitrogens with one attached hydrogen (secondary N) is 1. The summed E-state index contributed by atoms with van der Waals surface area (Å²) in [6, 6.07) is 9.91. The lowest BCUT2D eigenvalue weighted by atomic mass is 10.0. The van der Waals surface area contributed by atoms with Gasteiger partial charge < -0.3 is 10.1 Å². The van der Waals surface area contributed by atoms with Crippen LogP contribution in [0.2, 0.25) is 0 Å². The molecule has 10 heteroatoms. The molecule has 1 amide bonds. The normalized spacial score (nSPS) is 13.8. The summed E-state index contributed by atoms with van der Waals surface area (Å²) in [7, 11) is -2.40. The molecule has 9 nitrogen and oxygen atoms in total. The summed E-state index contributed by atoms with van der Waals surface area (Å²) in [5.74, 6) is 0.00293. The quantitative estimate of drug-likeness (QED) is 0.415. The van der Waals surface area contributed by atoms with Crippen molar-refractivity contribution in [3.05, 3.63) is 63.2 Å². The molecule has 3 rings (SSSR count). The van der Waals surface area contributed by atoms with E-state index in [1.165, 1.54) is 30.4 Å². The molecule has 1 N–H and O–H groups in total. The van der Waals surface area contributed by atoms with Gasteiger partial charge in [0, 0.05) is 25.1 Å². The van der Waals surface area contributed by atoms with Crippen molar-refractivity contribution in [3.8, 4) is 5.75 Å². The van der Waals surface area contributed by atoms with Crippen LogP contribution in [-0.2, 0) is 27.7 Å². The zero-order valence-corrected chi connectivity index (χ0v) is 19.9. The van der Waals surface area contributed by atoms with Gasteiger partial charge in [0.05, 0.1) is 24.3 Å². The van der Waals surface area contributed by atoms with E-state index in [0.717, 1.165) is 41.5 Å². The summed E-state index contributed by atoms with van der Waals surface area (Å²) in [6.07, 6.45) is 4.68. The molecule has 0 spiro atoms. The number of ether oxygens (including phenoxy) is 1. The predicted octanol–water partition coefficient (Wildman–Crippen LogP) is 3.52. The van der Waals surface area contributed by atoms with Gasteiger partial charge in [0.25, 0.3) is 5.69 Å². The van der Waals surface area contributed by atoms with Crippen molar-refractivity contribution in [2.45, 2.75) is 45.1 Å². The molecule has 0 heterocycles. The average molecular weight is 476 g/mol. The summed E-state index contributed by atoms with van der Waals surface area (Å²) in [4.78, 5) is 23.1. The Balaban J connectivity index is 1.65. The van der Waals surface area contributed by atoms with E-state index in [-0.39, 0.29) is 48.5 Å². The Morgan fingerprint density at radius 3 is 2.61 bits per heavy atom. The lowest BCUT2D eigenvalue weighted by Crippen LogP contribution is -2.33. The number of nitro groups is 1. The SMILES string of the molecule is COc1ccc([N+](=O)[O-])cc1N(CCCC(=O)N[C@H](C)c1ccc2c(c1)CCC2)S(C)(=O)=O. The van der Waals surface area contributed by atoms with E-state index < -0.39 is 14.9 Å². The number of aryl methyl sites for hydroxylation is 2. The molecular weight excluding hydrogens is 446 g/mol. The maximum absolute atomic E-state index is 12.5. The van der Waals surface area contributed by atoms with Crippen LogP contribution in [0.1, 0.15) is 48.9 Å². The zero-order chi connectivity index (χ0) is 24.2. The molecule has 1 aliphatic carbocycles. The second-order valence-corrected chi connectivity index (χ2v) is 10.1. The van der Waals surface area contributed by atoms with Gasteiger partial charge >= 0.3 is 0 Å². The Morgan fingerprint density at radius 1 is 1.21 bits per heavy atom. The molecule has 0 saturated heterocycles. The molecule has 1 atom stereocenters. The molecule has 0 radical (unpaired) electrons. The summed E-state index contributed by atoms with van der Waals surface area (Å²) >= 11 is 0. The number of anilines is 1. The first-order valence-corrected chi connectivity index (χ1v) is 12.7. The van der Waals surface area contributed by atoms with E-state index in [1.54, 1.807) is 0 Å². The highest BCUT2D eigenvalue weighted by molar-refractivity contribution is 7.92. The van der Waals surface area contributed by atoms with Crippen LogP contribution >= 0.6 is 0 Å². The fourth-order valence-corrected chi connectivity index (χ4v) is 5.05. The van der Waals surface area contributed by atoms with E-state index >= 15 is 0 Å². The van der Waals surface area contributed by atoms with E-state index in [2.05, 4.69) is 17.4 Å². The average Bonchev–Trinajstić information content (AvgIpc) is 3.23. The van der Waals surface area contributed by atoms with E-state index in [4.69, 9.17) is 4.74 Å². The first kappa shape index (κ1) is 24.5. The third-order valence-corrected chi connectivity index (χ3v) is 6.99. The number of hydrogen-bond acceptors (Lipinski definition) is 6. The summed E-state index contributed by atoms with van der Waals surface area (Å²) < 4.78 is 31.1. The van der Waals surface area contributed by atoms with Crippen LogP contribution < -0.4 is 14.4 Å². The Hall–Kier alpha value is -3.14. The number of amides is 1. The van der Waals surface area contributed by atoms with E-state index in [0.29, 0.717) is 0 Å². The first-order chi connectivity index (χ1) is 15.6. The number of fused-ring (bicyclic) bond motifs is 1. The van der Waals surface area contributed by atoms with Gasteiger partial charge in [-0.2, -0.15) is 0 Å². The van der Waals surface area contributed by atoms with Gasteiger partial charge in [0.2, 0.25) is 15.9 Å². The second kappa shape index (κ2) is 10.2. The molecular formula is C23H29N3O6S. The largest absolute Gasteiger partial charge is 0.495 e. The van der Waals surface area contributed by atoms with Crippen molar-refractivity contribution in [2.24, 2.45) is 0 Å². The molecule has 1 aliphatic rings. The van der Waals surface area contributed by atoms with Crippen LogP contribution in [0.4, 0.5) is 11.4 Å². The number of rotatable bonds is 10. The van der Waals surface area contributed by atoms with Crippen LogP contribution in [-0.4, -0.2) is 39.2 Å². The van der Waals surface area contributed by atoms with Crippen molar-refractivity contribution in [1.82, 2.24) is 5.32 Å². The van der Waals surface area contributed by atoms with Gasteiger partial charge in [0.1, 0.15) is 11.4 Å².